The summed E-state index contributed by atoms with van der Waals surface area (Å²) in [6.07, 6.45) is 7.89. The molecule has 2 heterocycles. The van der Waals surface area contributed by atoms with Crippen molar-refractivity contribution < 1.29 is 13.7 Å². The van der Waals surface area contributed by atoms with E-state index in [9.17, 15) is 4.39 Å². The lowest BCUT2D eigenvalue weighted by molar-refractivity contribution is 0.243. The van der Waals surface area contributed by atoms with Crippen LogP contribution in [0.3, 0.4) is 0 Å². The van der Waals surface area contributed by atoms with Crippen LogP contribution >= 0.6 is 0 Å². The molecule has 4 rings (SSSR count). The zero-order valence-electron chi connectivity index (χ0n) is 17.0. The average molecular weight is 403 g/mol. The van der Waals surface area contributed by atoms with Gasteiger partial charge in [-0.2, -0.15) is 4.98 Å². The molecule has 0 radical (unpaired) electrons. The molecule has 1 saturated heterocycles. The molecule has 1 aliphatic heterocycles. The quantitative estimate of drug-likeness (QED) is 0.680. The first-order valence-electron chi connectivity index (χ1n) is 11.0. The molecule has 2 aliphatic rings. The largest absolute Gasteiger partial charge is 0.493 e. The number of hydrogen-bond donors (Lipinski definition) is 1. The molecule has 1 saturated carbocycles. The topological polar surface area (TPSA) is 63.4 Å². The Labute approximate surface area is 171 Å². The van der Waals surface area contributed by atoms with Crippen LogP contribution in [0.15, 0.2) is 22.7 Å². The summed E-state index contributed by atoms with van der Waals surface area (Å²) in [7, 11) is 0. The second kappa shape index (κ2) is 10.2. The van der Waals surface area contributed by atoms with Crippen molar-refractivity contribution in [1.82, 2.24) is 20.4 Å². The number of hydrogen-bond acceptors (Lipinski definition) is 6. The molecule has 0 atom stereocenters. The number of ether oxygens (including phenoxy) is 1. The number of benzene rings is 1. The highest BCUT2D eigenvalue weighted by Crippen LogP contribution is 2.29. The van der Waals surface area contributed by atoms with Gasteiger partial charge in [-0.3, -0.25) is 0 Å². The monoisotopic (exact) mass is 402 g/mol. The Kier molecular flexibility index (Phi) is 7.11. The van der Waals surface area contributed by atoms with Crippen molar-refractivity contribution >= 4 is 0 Å². The molecule has 1 N–H and O–H groups in total. The van der Waals surface area contributed by atoms with Gasteiger partial charge in [0.2, 0.25) is 11.7 Å². The lowest BCUT2D eigenvalue weighted by atomic mass is 10.0. The Balaban J connectivity index is 1.27. The van der Waals surface area contributed by atoms with E-state index in [4.69, 9.17) is 9.26 Å². The van der Waals surface area contributed by atoms with Crippen LogP contribution < -0.4 is 10.1 Å². The van der Waals surface area contributed by atoms with Crippen LogP contribution in [0.5, 0.6) is 5.75 Å². The molecule has 7 heteroatoms. The van der Waals surface area contributed by atoms with Crippen molar-refractivity contribution in [2.45, 2.75) is 44.9 Å². The number of nitrogens with zero attached hydrogens (tertiary/aromatic N) is 3. The minimum atomic E-state index is -0.380. The highest BCUT2D eigenvalue weighted by molar-refractivity contribution is 5.56. The molecule has 158 valence electrons. The maximum atomic E-state index is 14.6. The van der Waals surface area contributed by atoms with Gasteiger partial charge in [0.1, 0.15) is 11.6 Å². The molecular weight excluding hydrogens is 371 g/mol. The summed E-state index contributed by atoms with van der Waals surface area (Å²) < 4.78 is 25.7. The second-order valence-corrected chi connectivity index (χ2v) is 8.16. The first-order valence-corrected chi connectivity index (χ1v) is 11.0. The minimum absolute atomic E-state index is 0.316. The van der Waals surface area contributed by atoms with E-state index in [2.05, 4.69) is 20.4 Å². The fourth-order valence-corrected chi connectivity index (χ4v) is 4.28. The maximum absolute atomic E-state index is 14.6. The number of halogens is 1. The third-order valence-electron chi connectivity index (χ3n) is 5.91. The standard InChI is InChI=1S/C22H31FN4O2/c23-20-16-18(28-14-4-12-27-11-3-9-24-10-13-27)7-8-19(20)22-25-21(29-26-22)15-17-5-1-2-6-17/h7-8,16-17,24H,1-6,9-15H2. The predicted molar refractivity (Wildman–Crippen MR) is 109 cm³/mol. The summed E-state index contributed by atoms with van der Waals surface area (Å²) in [6, 6.07) is 4.87. The Morgan fingerprint density at radius 1 is 1.17 bits per heavy atom. The molecular formula is C22H31FN4O2. The molecule has 6 nitrogen and oxygen atoms in total. The van der Waals surface area contributed by atoms with Crippen molar-refractivity contribution in [3.63, 3.8) is 0 Å². The molecule has 0 spiro atoms. The molecule has 0 unspecified atom stereocenters. The summed E-state index contributed by atoms with van der Waals surface area (Å²) in [4.78, 5) is 6.85. The molecule has 1 aromatic heterocycles. The van der Waals surface area contributed by atoms with E-state index in [1.54, 1.807) is 12.1 Å². The SMILES string of the molecule is Fc1cc(OCCCN2CCCNCC2)ccc1-c1noc(CC2CCCC2)n1. The molecule has 2 fully saturated rings. The van der Waals surface area contributed by atoms with E-state index >= 15 is 0 Å². The zero-order chi connectivity index (χ0) is 19.9. The van der Waals surface area contributed by atoms with E-state index < -0.39 is 0 Å². The van der Waals surface area contributed by atoms with E-state index in [1.165, 1.54) is 38.2 Å². The number of aromatic nitrogens is 2. The van der Waals surface area contributed by atoms with Crippen LogP contribution in [0.4, 0.5) is 4.39 Å². The molecule has 2 aromatic rings. The van der Waals surface area contributed by atoms with Crippen LogP contribution in [0.1, 0.15) is 44.4 Å². The fourth-order valence-electron chi connectivity index (χ4n) is 4.28. The third kappa shape index (κ3) is 5.76. The van der Waals surface area contributed by atoms with Crippen molar-refractivity contribution in [2.24, 2.45) is 5.92 Å². The Hall–Kier alpha value is -1.99. The molecule has 0 bridgehead atoms. The number of rotatable bonds is 8. The zero-order valence-corrected chi connectivity index (χ0v) is 17.0. The second-order valence-electron chi connectivity index (χ2n) is 8.16. The number of nitrogens with one attached hydrogen (secondary N) is 1. The van der Waals surface area contributed by atoms with Gasteiger partial charge in [0, 0.05) is 32.1 Å². The van der Waals surface area contributed by atoms with Gasteiger partial charge >= 0.3 is 0 Å². The summed E-state index contributed by atoms with van der Waals surface area (Å²) in [6.45, 7) is 5.94. The van der Waals surface area contributed by atoms with E-state index in [-0.39, 0.29) is 5.82 Å². The molecule has 1 aromatic carbocycles. The van der Waals surface area contributed by atoms with Crippen LogP contribution in [-0.2, 0) is 6.42 Å². The summed E-state index contributed by atoms with van der Waals surface area (Å²) in [5, 5.41) is 7.38. The average Bonchev–Trinajstić information content (AvgIpc) is 3.33. The normalized spacial score (nSPS) is 18.8. The molecule has 29 heavy (non-hydrogen) atoms. The predicted octanol–water partition coefficient (Wildman–Crippen LogP) is 3.67. The van der Waals surface area contributed by atoms with Crippen molar-refractivity contribution in [3.05, 3.63) is 29.9 Å². The van der Waals surface area contributed by atoms with Gasteiger partial charge in [-0.15, -0.1) is 0 Å². The highest BCUT2D eigenvalue weighted by atomic mass is 19.1. The van der Waals surface area contributed by atoms with Crippen molar-refractivity contribution in [2.75, 3.05) is 39.3 Å². The van der Waals surface area contributed by atoms with Gasteiger partial charge < -0.3 is 19.5 Å². The van der Waals surface area contributed by atoms with E-state index in [0.29, 0.717) is 35.6 Å². The lowest BCUT2D eigenvalue weighted by Gasteiger charge is -2.19. The Morgan fingerprint density at radius 2 is 2.07 bits per heavy atom. The van der Waals surface area contributed by atoms with Gasteiger partial charge in [0.05, 0.1) is 12.2 Å². The van der Waals surface area contributed by atoms with Gasteiger partial charge in [-0.05, 0) is 56.8 Å². The van der Waals surface area contributed by atoms with Crippen LogP contribution in [0, 0.1) is 11.7 Å². The Bertz CT molecular complexity index is 768. The minimum Gasteiger partial charge on any atom is -0.493 e. The van der Waals surface area contributed by atoms with Gasteiger partial charge in [-0.1, -0.05) is 18.0 Å². The third-order valence-corrected chi connectivity index (χ3v) is 5.91. The van der Waals surface area contributed by atoms with Gasteiger partial charge in [0.25, 0.3) is 0 Å². The summed E-state index contributed by atoms with van der Waals surface area (Å²) >= 11 is 0. The summed E-state index contributed by atoms with van der Waals surface area (Å²) in [5.41, 5.74) is 0.357. The summed E-state index contributed by atoms with van der Waals surface area (Å²) in [5.74, 6) is 1.70. The van der Waals surface area contributed by atoms with Crippen LogP contribution in [-0.4, -0.2) is 54.4 Å². The van der Waals surface area contributed by atoms with Crippen molar-refractivity contribution in [1.29, 1.82) is 0 Å². The van der Waals surface area contributed by atoms with Gasteiger partial charge in [0.15, 0.2) is 0 Å². The maximum Gasteiger partial charge on any atom is 0.227 e. The van der Waals surface area contributed by atoms with Crippen LogP contribution in [0.2, 0.25) is 0 Å². The smallest absolute Gasteiger partial charge is 0.227 e. The lowest BCUT2D eigenvalue weighted by Crippen LogP contribution is -2.29. The van der Waals surface area contributed by atoms with Gasteiger partial charge in [-0.25, -0.2) is 4.39 Å². The van der Waals surface area contributed by atoms with E-state index in [1.807, 2.05) is 0 Å². The first kappa shape index (κ1) is 20.3. The first-order chi connectivity index (χ1) is 14.3. The fraction of sp³-hybridized carbons (Fsp3) is 0.636. The highest BCUT2D eigenvalue weighted by Gasteiger charge is 2.20. The van der Waals surface area contributed by atoms with Crippen molar-refractivity contribution in [3.8, 4) is 17.1 Å². The van der Waals surface area contributed by atoms with E-state index in [0.717, 1.165) is 45.6 Å². The Morgan fingerprint density at radius 3 is 2.93 bits per heavy atom. The van der Waals surface area contributed by atoms with Crippen LogP contribution in [0.25, 0.3) is 11.4 Å². The molecule has 0 amide bonds. The molecule has 1 aliphatic carbocycles.